The first-order chi connectivity index (χ1) is 11.7. The molecule has 1 unspecified atom stereocenters. The Kier molecular flexibility index (Phi) is 4.62. The van der Waals surface area contributed by atoms with Gasteiger partial charge in [-0.05, 0) is 81.8 Å². The van der Waals surface area contributed by atoms with Crippen molar-refractivity contribution >= 4 is 11.0 Å². The van der Waals surface area contributed by atoms with Gasteiger partial charge in [-0.1, -0.05) is 19.3 Å². The van der Waals surface area contributed by atoms with Crippen molar-refractivity contribution < 1.29 is 0 Å². The molecule has 1 saturated heterocycles. The van der Waals surface area contributed by atoms with Gasteiger partial charge >= 0.3 is 0 Å². The second-order valence-electron chi connectivity index (χ2n) is 8.05. The average molecular weight is 326 g/mol. The molecule has 1 atom stereocenters. The van der Waals surface area contributed by atoms with Crippen LogP contribution in [0, 0.1) is 19.8 Å². The molecule has 2 heterocycles. The first kappa shape index (κ1) is 16.1. The van der Waals surface area contributed by atoms with Gasteiger partial charge in [0.1, 0.15) is 5.82 Å². The Morgan fingerprint density at radius 2 is 1.83 bits per heavy atom. The third-order valence-electron chi connectivity index (χ3n) is 6.20. The number of nitrogens with zero attached hydrogens (tertiary/aromatic N) is 2. The molecule has 1 aromatic carbocycles. The smallest absolute Gasteiger partial charge is 0.112 e. The van der Waals surface area contributed by atoms with Crippen molar-refractivity contribution in [2.45, 2.75) is 71.3 Å². The molecule has 0 bridgehead atoms. The summed E-state index contributed by atoms with van der Waals surface area (Å²) in [6.07, 6.45) is 9.46. The molecule has 3 heteroatoms. The number of hydrogen-bond donors (Lipinski definition) is 1. The van der Waals surface area contributed by atoms with Gasteiger partial charge in [-0.3, -0.25) is 0 Å². The Bertz CT molecular complexity index is 703. The number of piperidine rings is 1. The van der Waals surface area contributed by atoms with Crippen LogP contribution < -0.4 is 5.32 Å². The standard InChI is InChI=1S/C21H31N3/c1-15-11-19-20(12-16(15)2)24(14-17-7-6-10-22-13-17)21(23-19)18-8-4-3-5-9-18/h11-12,17-18,22H,3-10,13-14H2,1-2H3. The Hall–Kier alpha value is -1.35. The highest BCUT2D eigenvalue weighted by Gasteiger charge is 2.24. The van der Waals surface area contributed by atoms with Gasteiger partial charge in [-0.25, -0.2) is 4.98 Å². The second kappa shape index (κ2) is 6.87. The fourth-order valence-electron chi connectivity index (χ4n) is 4.60. The third kappa shape index (κ3) is 3.11. The van der Waals surface area contributed by atoms with E-state index in [2.05, 4.69) is 35.9 Å². The number of fused-ring (bicyclic) bond motifs is 1. The number of nitrogens with one attached hydrogen (secondary N) is 1. The predicted molar refractivity (Wildman–Crippen MR) is 101 cm³/mol. The van der Waals surface area contributed by atoms with E-state index in [9.17, 15) is 0 Å². The second-order valence-corrected chi connectivity index (χ2v) is 8.05. The predicted octanol–water partition coefficient (Wildman–Crippen LogP) is 4.70. The maximum atomic E-state index is 5.15. The highest BCUT2D eigenvalue weighted by atomic mass is 15.1. The zero-order chi connectivity index (χ0) is 16.5. The molecule has 3 nitrogen and oxygen atoms in total. The highest BCUT2D eigenvalue weighted by Crippen LogP contribution is 2.35. The minimum Gasteiger partial charge on any atom is -0.327 e. The van der Waals surface area contributed by atoms with Crippen LogP contribution in [0.5, 0.6) is 0 Å². The van der Waals surface area contributed by atoms with Crippen LogP contribution in [0.25, 0.3) is 11.0 Å². The number of aryl methyl sites for hydroxylation is 2. The van der Waals surface area contributed by atoms with Crippen LogP contribution in [-0.4, -0.2) is 22.6 Å². The summed E-state index contributed by atoms with van der Waals surface area (Å²) in [6, 6.07) is 4.67. The third-order valence-corrected chi connectivity index (χ3v) is 6.20. The molecule has 0 spiro atoms. The Morgan fingerprint density at radius 1 is 1.04 bits per heavy atom. The largest absolute Gasteiger partial charge is 0.327 e. The van der Waals surface area contributed by atoms with Gasteiger partial charge in [0.2, 0.25) is 0 Å². The van der Waals surface area contributed by atoms with Gasteiger partial charge in [0, 0.05) is 12.5 Å². The summed E-state index contributed by atoms with van der Waals surface area (Å²) in [5.41, 5.74) is 5.33. The van der Waals surface area contributed by atoms with E-state index in [0.29, 0.717) is 5.92 Å². The molecule has 1 saturated carbocycles. The van der Waals surface area contributed by atoms with Crippen LogP contribution >= 0.6 is 0 Å². The highest BCUT2D eigenvalue weighted by molar-refractivity contribution is 5.78. The van der Waals surface area contributed by atoms with E-state index in [1.165, 1.54) is 79.5 Å². The summed E-state index contributed by atoms with van der Waals surface area (Å²) < 4.78 is 2.59. The van der Waals surface area contributed by atoms with Gasteiger partial charge < -0.3 is 9.88 Å². The van der Waals surface area contributed by atoms with Crippen molar-refractivity contribution in [2.24, 2.45) is 5.92 Å². The zero-order valence-corrected chi connectivity index (χ0v) is 15.3. The molecule has 1 N–H and O–H groups in total. The number of hydrogen-bond acceptors (Lipinski definition) is 2. The first-order valence-corrected chi connectivity index (χ1v) is 9.90. The summed E-state index contributed by atoms with van der Waals surface area (Å²) in [7, 11) is 0. The normalized spacial score (nSPS) is 23.0. The van der Waals surface area contributed by atoms with Gasteiger partial charge in [-0.15, -0.1) is 0 Å². The van der Waals surface area contributed by atoms with E-state index >= 15 is 0 Å². The van der Waals surface area contributed by atoms with Crippen molar-refractivity contribution in [1.29, 1.82) is 0 Å². The van der Waals surface area contributed by atoms with E-state index in [1.807, 2.05) is 0 Å². The monoisotopic (exact) mass is 325 g/mol. The molecular formula is C21H31N3. The molecule has 2 fully saturated rings. The molecule has 1 aliphatic heterocycles. The molecule has 1 aromatic heterocycles. The number of rotatable bonds is 3. The Labute approximate surface area is 145 Å². The molecule has 1 aliphatic carbocycles. The van der Waals surface area contributed by atoms with Gasteiger partial charge in [0.15, 0.2) is 0 Å². The lowest BCUT2D eigenvalue weighted by Crippen LogP contribution is -2.32. The quantitative estimate of drug-likeness (QED) is 0.886. The van der Waals surface area contributed by atoms with Crippen LogP contribution in [-0.2, 0) is 6.54 Å². The van der Waals surface area contributed by atoms with E-state index in [4.69, 9.17) is 4.98 Å². The maximum Gasteiger partial charge on any atom is 0.112 e. The minimum absolute atomic E-state index is 0.670. The molecule has 130 valence electrons. The molecule has 2 aromatic rings. The van der Waals surface area contributed by atoms with Crippen molar-refractivity contribution in [3.05, 3.63) is 29.1 Å². The topological polar surface area (TPSA) is 29.9 Å². The molecule has 4 rings (SSSR count). The van der Waals surface area contributed by atoms with Crippen molar-refractivity contribution in [1.82, 2.24) is 14.9 Å². The van der Waals surface area contributed by atoms with E-state index in [1.54, 1.807) is 0 Å². The summed E-state index contributed by atoms with van der Waals surface area (Å²) in [5, 5.41) is 3.58. The van der Waals surface area contributed by atoms with E-state index < -0.39 is 0 Å². The van der Waals surface area contributed by atoms with Crippen LogP contribution in [0.3, 0.4) is 0 Å². The molecule has 0 amide bonds. The molecule has 2 aliphatic rings. The van der Waals surface area contributed by atoms with Gasteiger partial charge in [-0.2, -0.15) is 0 Å². The fourth-order valence-corrected chi connectivity index (χ4v) is 4.60. The molecule has 0 radical (unpaired) electrons. The molecule has 24 heavy (non-hydrogen) atoms. The molecular weight excluding hydrogens is 294 g/mol. The lowest BCUT2D eigenvalue weighted by molar-refractivity contribution is 0.328. The lowest BCUT2D eigenvalue weighted by Gasteiger charge is -2.27. The van der Waals surface area contributed by atoms with Crippen LogP contribution in [0.2, 0.25) is 0 Å². The van der Waals surface area contributed by atoms with E-state index in [-0.39, 0.29) is 0 Å². The lowest BCUT2D eigenvalue weighted by atomic mass is 9.88. The van der Waals surface area contributed by atoms with Crippen LogP contribution in [0.1, 0.15) is 67.8 Å². The summed E-state index contributed by atoms with van der Waals surface area (Å²) in [5.74, 6) is 2.80. The number of aromatic nitrogens is 2. The van der Waals surface area contributed by atoms with Gasteiger partial charge in [0.25, 0.3) is 0 Å². The van der Waals surface area contributed by atoms with Gasteiger partial charge in [0.05, 0.1) is 11.0 Å². The minimum atomic E-state index is 0.670. The van der Waals surface area contributed by atoms with Crippen molar-refractivity contribution in [3.63, 3.8) is 0 Å². The Morgan fingerprint density at radius 3 is 2.58 bits per heavy atom. The van der Waals surface area contributed by atoms with Crippen LogP contribution in [0.4, 0.5) is 0 Å². The SMILES string of the molecule is Cc1cc2nc(C3CCCCC3)n(CC3CCCNC3)c2cc1C. The summed E-state index contributed by atoms with van der Waals surface area (Å²) in [6.45, 7) is 7.93. The number of imidazole rings is 1. The van der Waals surface area contributed by atoms with Crippen molar-refractivity contribution in [3.8, 4) is 0 Å². The fraction of sp³-hybridized carbons (Fsp3) is 0.667. The average Bonchev–Trinajstić information content (AvgIpc) is 2.95. The van der Waals surface area contributed by atoms with Crippen molar-refractivity contribution in [2.75, 3.05) is 13.1 Å². The first-order valence-electron chi connectivity index (χ1n) is 9.90. The summed E-state index contributed by atoms with van der Waals surface area (Å²) >= 11 is 0. The Balaban J connectivity index is 1.75. The zero-order valence-electron chi connectivity index (χ0n) is 15.3. The van der Waals surface area contributed by atoms with E-state index in [0.717, 1.165) is 19.0 Å². The maximum absolute atomic E-state index is 5.15. The summed E-state index contributed by atoms with van der Waals surface area (Å²) in [4.78, 5) is 5.15. The number of benzene rings is 1. The van der Waals surface area contributed by atoms with Crippen LogP contribution in [0.15, 0.2) is 12.1 Å².